The lowest BCUT2D eigenvalue weighted by molar-refractivity contribution is -0.385. The second-order valence-corrected chi connectivity index (χ2v) is 5.19. The van der Waals surface area contributed by atoms with Crippen LogP contribution in [0.2, 0.25) is 5.02 Å². The van der Waals surface area contributed by atoms with Gasteiger partial charge in [-0.15, -0.1) is 6.42 Å². The van der Waals surface area contributed by atoms with Gasteiger partial charge in [0, 0.05) is 17.6 Å². The summed E-state index contributed by atoms with van der Waals surface area (Å²) in [5, 5.41) is 11.3. The average molecular weight is 293 g/mol. The highest BCUT2D eigenvalue weighted by Crippen LogP contribution is 2.31. The minimum Gasteiger partial charge on any atom is -0.327 e. The van der Waals surface area contributed by atoms with Gasteiger partial charge in [0.2, 0.25) is 0 Å². The third-order valence-electron chi connectivity index (χ3n) is 3.13. The van der Waals surface area contributed by atoms with E-state index in [1.807, 2.05) is 0 Å². The molecule has 20 heavy (non-hydrogen) atoms. The lowest BCUT2D eigenvalue weighted by Crippen LogP contribution is -2.33. The minimum absolute atomic E-state index is 0.0234. The van der Waals surface area contributed by atoms with Crippen molar-refractivity contribution in [3.8, 4) is 12.3 Å². The summed E-state index contributed by atoms with van der Waals surface area (Å²) in [5.41, 5.74) is -0.268. The maximum Gasteiger partial charge on any atom is 0.283 e. The highest BCUT2D eigenvalue weighted by atomic mass is 35.5. The van der Waals surface area contributed by atoms with Crippen LogP contribution in [0.3, 0.4) is 0 Å². The molecule has 0 aromatic heterocycles. The molecule has 1 amide bonds. The van der Waals surface area contributed by atoms with Crippen molar-refractivity contribution < 1.29 is 9.72 Å². The Hall–Kier alpha value is -2.06. The van der Waals surface area contributed by atoms with Crippen molar-refractivity contribution in [3.63, 3.8) is 0 Å². The van der Waals surface area contributed by atoms with E-state index in [9.17, 15) is 14.9 Å². The molecule has 0 unspecified atom stereocenters. The monoisotopic (exact) mass is 292 g/mol. The maximum absolute atomic E-state index is 12.4. The van der Waals surface area contributed by atoms with Gasteiger partial charge in [-0.25, -0.2) is 0 Å². The number of carbonyl (C=O) groups excluding carboxylic acids is 1. The molecule has 0 bridgehead atoms. The molecule has 0 saturated heterocycles. The van der Waals surface area contributed by atoms with E-state index in [0.29, 0.717) is 12.5 Å². The summed E-state index contributed by atoms with van der Waals surface area (Å²) < 4.78 is 0. The van der Waals surface area contributed by atoms with Gasteiger partial charge in [0.15, 0.2) is 0 Å². The van der Waals surface area contributed by atoms with Crippen molar-refractivity contribution >= 4 is 23.2 Å². The largest absolute Gasteiger partial charge is 0.327 e. The van der Waals surface area contributed by atoms with E-state index < -0.39 is 10.8 Å². The average Bonchev–Trinajstić information content (AvgIpc) is 3.21. The minimum atomic E-state index is -0.607. The van der Waals surface area contributed by atoms with Crippen molar-refractivity contribution in [2.45, 2.75) is 12.8 Å². The zero-order chi connectivity index (χ0) is 14.7. The number of amides is 1. The molecule has 1 saturated carbocycles. The molecule has 1 aromatic carbocycles. The topological polar surface area (TPSA) is 63.5 Å². The Morgan fingerprint density at radius 2 is 2.25 bits per heavy atom. The molecule has 0 radical (unpaired) electrons. The lowest BCUT2D eigenvalue weighted by atomic mass is 10.1. The molecule has 104 valence electrons. The van der Waals surface area contributed by atoms with E-state index in [2.05, 4.69) is 5.92 Å². The Kier molecular flexibility index (Phi) is 4.26. The number of carbonyl (C=O) groups is 1. The van der Waals surface area contributed by atoms with Gasteiger partial charge in [0.25, 0.3) is 11.6 Å². The van der Waals surface area contributed by atoms with Gasteiger partial charge in [-0.05, 0) is 30.9 Å². The van der Waals surface area contributed by atoms with E-state index in [4.69, 9.17) is 18.0 Å². The molecule has 5 nitrogen and oxygen atoms in total. The maximum atomic E-state index is 12.4. The number of hydrogen-bond donors (Lipinski definition) is 0. The molecule has 6 heteroatoms. The summed E-state index contributed by atoms with van der Waals surface area (Å²) in [5.74, 6) is 2.46. The molecule has 0 atom stereocenters. The fraction of sp³-hybridized carbons (Fsp3) is 0.357. The summed E-state index contributed by atoms with van der Waals surface area (Å²) in [6, 6.07) is 4.02. The number of terminal acetylenes is 1. The third kappa shape index (κ3) is 3.28. The van der Waals surface area contributed by atoms with Crippen LogP contribution in [0.1, 0.15) is 23.2 Å². The molecular weight excluding hydrogens is 280 g/mol. The fourth-order valence-corrected chi connectivity index (χ4v) is 2.11. The van der Waals surface area contributed by atoms with Crippen molar-refractivity contribution in [2.75, 3.05) is 13.1 Å². The van der Waals surface area contributed by atoms with Crippen LogP contribution >= 0.6 is 11.6 Å². The second-order valence-electron chi connectivity index (χ2n) is 4.75. The number of benzene rings is 1. The number of halogens is 1. The molecule has 0 spiro atoms. The molecule has 0 heterocycles. The van der Waals surface area contributed by atoms with E-state index in [-0.39, 0.29) is 22.8 Å². The Balaban J connectivity index is 2.30. The van der Waals surface area contributed by atoms with Crippen LogP contribution in [0.15, 0.2) is 18.2 Å². The zero-order valence-electron chi connectivity index (χ0n) is 10.7. The first-order chi connectivity index (χ1) is 9.52. The Bertz CT molecular complexity index is 591. The van der Waals surface area contributed by atoms with Gasteiger partial charge in [0.05, 0.1) is 11.5 Å². The van der Waals surface area contributed by atoms with Crippen molar-refractivity contribution in [2.24, 2.45) is 5.92 Å². The first-order valence-electron chi connectivity index (χ1n) is 6.19. The van der Waals surface area contributed by atoms with Crippen LogP contribution in [-0.2, 0) is 0 Å². The molecule has 1 aliphatic rings. The van der Waals surface area contributed by atoms with Crippen LogP contribution in [0.5, 0.6) is 0 Å². The standard InChI is InChI=1S/C14H13ClN2O3/c1-2-7-16(9-10-3-4-10)14(18)12-6-5-11(15)8-13(12)17(19)20/h1,5-6,8,10H,3-4,7,9H2. The first kappa shape index (κ1) is 14.4. The predicted molar refractivity (Wildman–Crippen MR) is 75.6 cm³/mol. The highest BCUT2D eigenvalue weighted by Gasteiger charge is 2.30. The second kappa shape index (κ2) is 5.93. The number of nitro groups is 1. The predicted octanol–water partition coefficient (Wildman–Crippen LogP) is 2.73. The smallest absolute Gasteiger partial charge is 0.283 e. The normalized spacial score (nSPS) is 13.6. The quantitative estimate of drug-likeness (QED) is 0.476. The zero-order valence-corrected chi connectivity index (χ0v) is 11.5. The van der Waals surface area contributed by atoms with Crippen LogP contribution in [-0.4, -0.2) is 28.8 Å². The Labute approximate surface area is 121 Å². The third-order valence-corrected chi connectivity index (χ3v) is 3.37. The van der Waals surface area contributed by atoms with Crippen LogP contribution in [0.4, 0.5) is 5.69 Å². The van der Waals surface area contributed by atoms with Crippen molar-refractivity contribution in [1.29, 1.82) is 0 Å². The molecule has 2 rings (SSSR count). The number of hydrogen-bond acceptors (Lipinski definition) is 3. The lowest BCUT2D eigenvalue weighted by Gasteiger charge is -2.20. The first-order valence-corrected chi connectivity index (χ1v) is 6.57. The highest BCUT2D eigenvalue weighted by molar-refractivity contribution is 6.31. The van der Waals surface area contributed by atoms with Crippen LogP contribution in [0, 0.1) is 28.4 Å². The molecule has 1 aromatic rings. The van der Waals surface area contributed by atoms with Gasteiger partial charge in [-0.2, -0.15) is 0 Å². The van der Waals surface area contributed by atoms with E-state index in [0.717, 1.165) is 12.8 Å². The molecule has 1 fully saturated rings. The van der Waals surface area contributed by atoms with Gasteiger partial charge >= 0.3 is 0 Å². The summed E-state index contributed by atoms with van der Waals surface area (Å²) in [6.07, 6.45) is 7.40. The number of nitro benzene ring substituents is 1. The molecule has 0 aliphatic heterocycles. The Morgan fingerprint density at radius 1 is 1.55 bits per heavy atom. The summed E-state index contributed by atoms with van der Waals surface area (Å²) in [6.45, 7) is 0.692. The molecule has 1 aliphatic carbocycles. The SMILES string of the molecule is C#CCN(CC1CC1)C(=O)c1ccc(Cl)cc1[N+](=O)[O-]. The number of rotatable bonds is 5. The van der Waals surface area contributed by atoms with Gasteiger partial charge in [0.1, 0.15) is 5.56 Å². The van der Waals surface area contributed by atoms with Crippen molar-refractivity contribution in [3.05, 3.63) is 38.9 Å². The Morgan fingerprint density at radius 3 is 2.80 bits per heavy atom. The van der Waals surface area contributed by atoms with Gasteiger partial charge in [-0.3, -0.25) is 14.9 Å². The van der Waals surface area contributed by atoms with Crippen molar-refractivity contribution in [1.82, 2.24) is 4.90 Å². The van der Waals surface area contributed by atoms with E-state index >= 15 is 0 Å². The van der Waals surface area contributed by atoms with Crippen LogP contribution in [0.25, 0.3) is 0 Å². The summed E-state index contributed by atoms with van der Waals surface area (Å²) in [4.78, 5) is 24.3. The summed E-state index contributed by atoms with van der Waals surface area (Å²) in [7, 11) is 0. The molecule has 0 N–H and O–H groups in total. The number of nitrogens with zero attached hydrogens (tertiary/aromatic N) is 2. The fourth-order valence-electron chi connectivity index (χ4n) is 1.95. The summed E-state index contributed by atoms with van der Waals surface area (Å²) >= 11 is 5.74. The van der Waals surface area contributed by atoms with Gasteiger partial charge < -0.3 is 4.90 Å². The van der Waals surface area contributed by atoms with E-state index in [1.165, 1.54) is 23.1 Å². The van der Waals surface area contributed by atoms with Gasteiger partial charge in [-0.1, -0.05) is 17.5 Å². The van der Waals surface area contributed by atoms with E-state index in [1.54, 1.807) is 0 Å². The molecular formula is C14H13ClN2O3. The van der Waals surface area contributed by atoms with Crippen LogP contribution < -0.4 is 0 Å².